The number of nitrogens with one attached hydrogen (secondary N) is 1. The SMILES string of the molecule is CCC1CCCC(N2C(=O)CNC2CC)C1. The summed E-state index contributed by atoms with van der Waals surface area (Å²) >= 11 is 0. The molecule has 3 unspecified atom stereocenters. The highest BCUT2D eigenvalue weighted by molar-refractivity contribution is 5.81. The van der Waals surface area contributed by atoms with E-state index >= 15 is 0 Å². The van der Waals surface area contributed by atoms with Gasteiger partial charge in [-0.25, -0.2) is 0 Å². The molecule has 1 amide bonds. The lowest BCUT2D eigenvalue weighted by Gasteiger charge is -2.37. The summed E-state index contributed by atoms with van der Waals surface area (Å²) in [5.41, 5.74) is 0. The van der Waals surface area contributed by atoms with Crippen LogP contribution in [-0.4, -0.2) is 29.6 Å². The largest absolute Gasteiger partial charge is 0.323 e. The van der Waals surface area contributed by atoms with Gasteiger partial charge in [0.15, 0.2) is 0 Å². The summed E-state index contributed by atoms with van der Waals surface area (Å²) in [4.78, 5) is 14.0. The van der Waals surface area contributed by atoms with Crippen LogP contribution in [-0.2, 0) is 4.79 Å². The molecule has 0 aromatic carbocycles. The molecule has 0 radical (unpaired) electrons. The number of carbonyl (C=O) groups is 1. The van der Waals surface area contributed by atoms with Crippen molar-refractivity contribution < 1.29 is 4.79 Å². The van der Waals surface area contributed by atoms with Gasteiger partial charge in [-0.05, 0) is 25.2 Å². The van der Waals surface area contributed by atoms with Crippen LogP contribution >= 0.6 is 0 Å². The van der Waals surface area contributed by atoms with Gasteiger partial charge in [0.25, 0.3) is 0 Å². The highest BCUT2D eigenvalue weighted by atomic mass is 16.2. The van der Waals surface area contributed by atoms with Crippen LogP contribution in [0.4, 0.5) is 0 Å². The van der Waals surface area contributed by atoms with Crippen LogP contribution in [0.2, 0.25) is 0 Å². The molecule has 1 saturated heterocycles. The summed E-state index contributed by atoms with van der Waals surface area (Å²) in [6, 6.07) is 0.506. The minimum absolute atomic E-state index is 0.299. The highest BCUT2D eigenvalue weighted by Crippen LogP contribution is 2.31. The Morgan fingerprint density at radius 2 is 2.12 bits per heavy atom. The van der Waals surface area contributed by atoms with Gasteiger partial charge in [-0.3, -0.25) is 10.1 Å². The Kier molecular flexibility index (Phi) is 3.85. The lowest BCUT2D eigenvalue weighted by Crippen LogP contribution is -2.46. The zero-order valence-electron chi connectivity index (χ0n) is 10.5. The molecule has 1 N–H and O–H groups in total. The van der Waals surface area contributed by atoms with Gasteiger partial charge in [-0.2, -0.15) is 0 Å². The Bertz CT molecular complexity index is 254. The first-order valence-corrected chi connectivity index (χ1v) is 6.80. The lowest BCUT2D eigenvalue weighted by molar-refractivity contribution is -0.131. The second kappa shape index (κ2) is 5.17. The third-order valence-corrected chi connectivity index (χ3v) is 4.23. The highest BCUT2D eigenvalue weighted by Gasteiger charge is 2.36. The van der Waals surface area contributed by atoms with E-state index in [1.807, 2.05) is 0 Å². The predicted octanol–water partition coefficient (Wildman–Crippen LogP) is 2.12. The van der Waals surface area contributed by atoms with Crippen molar-refractivity contribution in [1.82, 2.24) is 10.2 Å². The second-order valence-corrected chi connectivity index (χ2v) is 5.20. The number of rotatable bonds is 3. The minimum atomic E-state index is 0.299. The monoisotopic (exact) mass is 224 g/mol. The fourth-order valence-corrected chi connectivity index (χ4v) is 3.25. The van der Waals surface area contributed by atoms with Gasteiger partial charge in [0.2, 0.25) is 5.91 Å². The Morgan fingerprint density at radius 1 is 1.31 bits per heavy atom. The summed E-state index contributed by atoms with van der Waals surface area (Å²) < 4.78 is 0. The molecular weight excluding hydrogens is 200 g/mol. The van der Waals surface area contributed by atoms with Gasteiger partial charge >= 0.3 is 0 Å². The van der Waals surface area contributed by atoms with E-state index in [4.69, 9.17) is 0 Å². The number of nitrogens with zero attached hydrogens (tertiary/aromatic N) is 1. The van der Waals surface area contributed by atoms with Crippen LogP contribution in [0, 0.1) is 5.92 Å². The first-order chi connectivity index (χ1) is 7.76. The van der Waals surface area contributed by atoms with E-state index in [0.717, 1.165) is 12.3 Å². The summed E-state index contributed by atoms with van der Waals surface area (Å²) in [5, 5.41) is 3.31. The summed E-state index contributed by atoms with van der Waals surface area (Å²) in [6.07, 6.45) is 7.68. The van der Waals surface area contributed by atoms with Gasteiger partial charge in [0.1, 0.15) is 0 Å². The second-order valence-electron chi connectivity index (χ2n) is 5.20. The molecule has 2 rings (SSSR count). The van der Waals surface area contributed by atoms with Crippen molar-refractivity contribution in [3.8, 4) is 0 Å². The maximum atomic E-state index is 11.9. The molecule has 1 saturated carbocycles. The lowest BCUT2D eigenvalue weighted by atomic mass is 9.83. The van der Waals surface area contributed by atoms with Crippen molar-refractivity contribution in [2.24, 2.45) is 5.92 Å². The molecule has 3 atom stereocenters. The van der Waals surface area contributed by atoms with Gasteiger partial charge in [-0.15, -0.1) is 0 Å². The predicted molar refractivity (Wildman–Crippen MR) is 65.0 cm³/mol. The molecule has 16 heavy (non-hydrogen) atoms. The van der Waals surface area contributed by atoms with Gasteiger partial charge < -0.3 is 4.90 Å². The van der Waals surface area contributed by atoms with Gasteiger partial charge in [0, 0.05) is 6.04 Å². The average molecular weight is 224 g/mol. The van der Waals surface area contributed by atoms with Crippen molar-refractivity contribution in [3.63, 3.8) is 0 Å². The minimum Gasteiger partial charge on any atom is -0.323 e. The molecule has 1 heterocycles. The molecular formula is C13H24N2O. The Hall–Kier alpha value is -0.570. The maximum absolute atomic E-state index is 11.9. The number of carbonyl (C=O) groups excluding carboxylic acids is 1. The first kappa shape index (κ1) is 11.9. The first-order valence-electron chi connectivity index (χ1n) is 6.80. The molecule has 1 aliphatic carbocycles. The van der Waals surface area contributed by atoms with E-state index < -0.39 is 0 Å². The molecule has 0 spiro atoms. The fourth-order valence-electron chi connectivity index (χ4n) is 3.25. The Morgan fingerprint density at radius 3 is 2.81 bits per heavy atom. The standard InChI is InChI=1S/C13H24N2O/c1-3-10-6-5-7-11(8-10)15-12(4-2)14-9-13(15)16/h10-12,14H,3-9H2,1-2H3. The van der Waals surface area contributed by atoms with Crippen LogP contribution in [0.1, 0.15) is 52.4 Å². The van der Waals surface area contributed by atoms with Crippen molar-refractivity contribution in [2.45, 2.75) is 64.6 Å². The van der Waals surface area contributed by atoms with E-state index in [2.05, 4.69) is 24.1 Å². The van der Waals surface area contributed by atoms with Crippen molar-refractivity contribution in [1.29, 1.82) is 0 Å². The van der Waals surface area contributed by atoms with E-state index in [0.29, 0.717) is 24.7 Å². The summed E-state index contributed by atoms with van der Waals surface area (Å²) in [6.45, 7) is 4.98. The molecule has 0 bridgehead atoms. The summed E-state index contributed by atoms with van der Waals surface area (Å²) in [5.74, 6) is 1.15. The van der Waals surface area contributed by atoms with Gasteiger partial charge in [-0.1, -0.05) is 33.1 Å². The molecule has 2 fully saturated rings. The number of hydrogen-bond acceptors (Lipinski definition) is 2. The third kappa shape index (κ3) is 2.24. The van der Waals surface area contributed by atoms with Crippen molar-refractivity contribution in [3.05, 3.63) is 0 Å². The van der Waals surface area contributed by atoms with Crippen molar-refractivity contribution in [2.75, 3.05) is 6.54 Å². The van der Waals surface area contributed by atoms with Crippen LogP contribution in [0.3, 0.4) is 0 Å². The van der Waals surface area contributed by atoms with Crippen LogP contribution in [0.15, 0.2) is 0 Å². The van der Waals surface area contributed by atoms with E-state index in [1.165, 1.54) is 32.1 Å². The van der Waals surface area contributed by atoms with Gasteiger partial charge in [0.05, 0.1) is 12.7 Å². The van der Waals surface area contributed by atoms with E-state index in [9.17, 15) is 4.79 Å². The summed E-state index contributed by atoms with van der Waals surface area (Å²) in [7, 11) is 0. The molecule has 3 nitrogen and oxygen atoms in total. The fraction of sp³-hybridized carbons (Fsp3) is 0.923. The third-order valence-electron chi connectivity index (χ3n) is 4.23. The number of amides is 1. The zero-order chi connectivity index (χ0) is 11.5. The van der Waals surface area contributed by atoms with E-state index in [-0.39, 0.29) is 0 Å². The maximum Gasteiger partial charge on any atom is 0.238 e. The molecule has 3 heteroatoms. The van der Waals surface area contributed by atoms with Crippen LogP contribution < -0.4 is 5.32 Å². The topological polar surface area (TPSA) is 32.3 Å². The molecule has 2 aliphatic rings. The molecule has 92 valence electrons. The van der Waals surface area contributed by atoms with E-state index in [1.54, 1.807) is 0 Å². The smallest absolute Gasteiger partial charge is 0.238 e. The van der Waals surface area contributed by atoms with Crippen molar-refractivity contribution >= 4 is 5.91 Å². The van der Waals surface area contributed by atoms with Crippen LogP contribution in [0.5, 0.6) is 0 Å². The normalized spacial score (nSPS) is 35.8. The zero-order valence-corrected chi connectivity index (χ0v) is 10.5. The molecule has 0 aromatic heterocycles. The Labute approximate surface area is 98.6 Å². The molecule has 1 aliphatic heterocycles. The molecule has 0 aromatic rings. The van der Waals surface area contributed by atoms with Crippen LogP contribution in [0.25, 0.3) is 0 Å². The quantitative estimate of drug-likeness (QED) is 0.796. The average Bonchev–Trinajstić information content (AvgIpc) is 2.70. The Balaban J connectivity index is 2.01. The number of hydrogen-bond donors (Lipinski definition) is 1.